The normalized spacial score (nSPS) is 17.6. The van der Waals surface area contributed by atoms with E-state index in [0.29, 0.717) is 11.4 Å². The molecule has 1 aromatic rings. The van der Waals surface area contributed by atoms with E-state index >= 15 is 0 Å². The van der Waals surface area contributed by atoms with Gasteiger partial charge in [0.15, 0.2) is 6.10 Å². The van der Waals surface area contributed by atoms with Gasteiger partial charge >= 0.3 is 5.97 Å². The second kappa shape index (κ2) is 6.71. The summed E-state index contributed by atoms with van der Waals surface area (Å²) in [5.41, 5.74) is 3.31. The third kappa shape index (κ3) is 3.49. The number of amides is 3. The number of carbonyl (C=O) groups excluding carboxylic acids is 4. The number of rotatable bonds is 3. The van der Waals surface area contributed by atoms with Crippen molar-refractivity contribution in [1.82, 2.24) is 5.43 Å². The molecule has 130 valence electrons. The van der Waals surface area contributed by atoms with Gasteiger partial charge in [-0.25, -0.2) is 10.2 Å². The number of fused-ring (bicyclic) bond motifs is 1. The van der Waals surface area contributed by atoms with E-state index in [-0.39, 0.29) is 36.9 Å². The molecule has 0 aromatic heterocycles. The number of hydrazone groups is 1. The number of nitrogens with one attached hydrogen (secondary N) is 2. The van der Waals surface area contributed by atoms with E-state index in [4.69, 9.17) is 4.74 Å². The molecule has 0 fully saturated rings. The van der Waals surface area contributed by atoms with Crippen LogP contribution < -0.4 is 15.6 Å². The van der Waals surface area contributed by atoms with E-state index in [9.17, 15) is 19.2 Å². The van der Waals surface area contributed by atoms with Crippen LogP contribution in [-0.4, -0.2) is 42.1 Å². The number of ether oxygens (including phenoxy) is 1. The Hall–Kier alpha value is -3.23. The van der Waals surface area contributed by atoms with Crippen LogP contribution in [0.15, 0.2) is 29.4 Å². The fourth-order valence-corrected chi connectivity index (χ4v) is 2.55. The molecular formula is C16H16N4O5. The Labute approximate surface area is 143 Å². The van der Waals surface area contributed by atoms with Gasteiger partial charge in [-0.2, -0.15) is 5.10 Å². The Morgan fingerprint density at radius 1 is 1.20 bits per heavy atom. The van der Waals surface area contributed by atoms with Crippen LogP contribution in [0.5, 0.6) is 0 Å². The molecule has 1 aromatic carbocycles. The predicted octanol–water partition coefficient (Wildman–Crippen LogP) is 0.169. The van der Waals surface area contributed by atoms with Crippen molar-refractivity contribution < 1.29 is 23.9 Å². The van der Waals surface area contributed by atoms with Gasteiger partial charge in [0.25, 0.3) is 5.91 Å². The first kappa shape index (κ1) is 16.6. The summed E-state index contributed by atoms with van der Waals surface area (Å²) in [7, 11) is 0. The molecule has 2 heterocycles. The fourth-order valence-electron chi connectivity index (χ4n) is 2.55. The number of carbonyl (C=O) groups is 4. The number of benzene rings is 1. The van der Waals surface area contributed by atoms with Crippen molar-refractivity contribution in [2.45, 2.75) is 25.9 Å². The topological polar surface area (TPSA) is 117 Å². The highest BCUT2D eigenvalue weighted by atomic mass is 16.5. The summed E-state index contributed by atoms with van der Waals surface area (Å²) in [5.74, 6) is -1.90. The minimum absolute atomic E-state index is 0.0519. The lowest BCUT2D eigenvalue weighted by Gasteiger charge is -2.30. The van der Waals surface area contributed by atoms with E-state index in [1.165, 1.54) is 11.8 Å². The lowest BCUT2D eigenvalue weighted by atomic mass is 10.1. The molecule has 25 heavy (non-hydrogen) atoms. The van der Waals surface area contributed by atoms with Crippen LogP contribution in [0.4, 0.5) is 11.4 Å². The Morgan fingerprint density at radius 2 is 1.96 bits per heavy atom. The fraction of sp³-hybridized carbons (Fsp3) is 0.312. The molecule has 0 saturated heterocycles. The van der Waals surface area contributed by atoms with Gasteiger partial charge < -0.3 is 10.1 Å². The van der Waals surface area contributed by atoms with Crippen LogP contribution in [0, 0.1) is 0 Å². The van der Waals surface area contributed by atoms with Crippen LogP contribution in [-0.2, 0) is 23.9 Å². The third-order valence-electron chi connectivity index (χ3n) is 3.81. The summed E-state index contributed by atoms with van der Waals surface area (Å²) < 4.78 is 5.15. The van der Waals surface area contributed by atoms with Crippen LogP contribution in [0.3, 0.4) is 0 Å². The maximum Gasteiger partial charge on any atom is 0.355 e. The Morgan fingerprint density at radius 3 is 2.68 bits per heavy atom. The number of esters is 1. The summed E-state index contributed by atoms with van der Waals surface area (Å²) >= 11 is 0. The molecule has 3 amide bonds. The van der Waals surface area contributed by atoms with Gasteiger partial charge in [0, 0.05) is 12.8 Å². The molecular weight excluding hydrogens is 328 g/mol. The highest BCUT2D eigenvalue weighted by Crippen LogP contribution is 2.29. The number of hydrogen-bond donors (Lipinski definition) is 2. The molecule has 3 rings (SSSR count). The van der Waals surface area contributed by atoms with Crippen LogP contribution in [0.2, 0.25) is 0 Å². The zero-order valence-corrected chi connectivity index (χ0v) is 13.4. The monoisotopic (exact) mass is 344 g/mol. The van der Waals surface area contributed by atoms with Crippen molar-refractivity contribution in [3.8, 4) is 0 Å². The molecule has 0 unspecified atom stereocenters. The van der Waals surface area contributed by atoms with Crippen molar-refractivity contribution in [2.75, 3.05) is 16.8 Å². The molecule has 1 atom stereocenters. The first-order valence-electron chi connectivity index (χ1n) is 7.72. The van der Waals surface area contributed by atoms with Gasteiger partial charge in [-0.15, -0.1) is 0 Å². The first-order chi connectivity index (χ1) is 12.0. The highest BCUT2D eigenvalue weighted by molar-refractivity contribution is 6.37. The minimum atomic E-state index is -1.10. The quantitative estimate of drug-likeness (QED) is 0.758. The summed E-state index contributed by atoms with van der Waals surface area (Å²) in [6, 6.07) is 6.86. The number of hydrogen-bond acceptors (Lipinski definition) is 6. The minimum Gasteiger partial charge on any atom is -0.448 e. The van der Waals surface area contributed by atoms with E-state index in [1.54, 1.807) is 24.3 Å². The van der Waals surface area contributed by atoms with Crippen molar-refractivity contribution in [1.29, 1.82) is 0 Å². The largest absolute Gasteiger partial charge is 0.448 e. The summed E-state index contributed by atoms with van der Waals surface area (Å²) in [5, 5.41) is 6.32. The number of para-hydroxylation sites is 2. The summed E-state index contributed by atoms with van der Waals surface area (Å²) in [6.45, 7) is 1.27. The zero-order valence-electron chi connectivity index (χ0n) is 13.4. The van der Waals surface area contributed by atoms with Gasteiger partial charge in [-0.1, -0.05) is 12.1 Å². The Kier molecular flexibility index (Phi) is 4.46. The lowest BCUT2D eigenvalue weighted by Crippen LogP contribution is -2.47. The standard InChI is InChI=1S/C16H16N4O5/c1-9(25-16(24)11-6-7-13(21)19-18-11)15(23)20-8-14(22)17-10-4-2-3-5-12(10)20/h2-5,9H,6-8H2,1H3,(H,17,22)(H,19,21)/t9-/m1/s1. The molecule has 0 radical (unpaired) electrons. The Bertz CT molecular complexity index is 788. The average molecular weight is 344 g/mol. The zero-order chi connectivity index (χ0) is 18.0. The van der Waals surface area contributed by atoms with Gasteiger partial charge in [0.2, 0.25) is 11.8 Å². The van der Waals surface area contributed by atoms with Crippen molar-refractivity contribution in [3.63, 3.8) is 0 Å². The molecule has 9 heteroatoms. The van der Waals surface area contributed by atoms with Crippen molar-refractivity contribution in [2.24, 2.45) is 5.10 Å². The van der Waals surface area contributed by atoms with Gasteiger partial charge in [0.1, 0.15) is 12.3 Å². The van der Waals surface area contributed by atoms with Crippen LogP contribution in [0.1, 0.15) is 19.8 Å². The second-order valence-corrected chi connectivity index (χ2v) is 5.63. The highest BCUT2D eigenvalue weighted by Gasteiger charge is 2.32. The molecule has 9 nitrogen and oxygen atoms in total. The first-order valence-corrected chi connectivity index (χ1v) is 7.72. The molecule has 2 aliphatic heterocycles. The van der Waals surface area contributed by atoms with E-state index < -0.39 is 18.0 Å². The third-order valence-corrected chi connectivity index (χ3v) is 3.81. The number of nitrogens with zero attached hydrogens (tertiary/aromatic N) is 2. The molecule has 0 spiro atoms. The number of anilines is 2. The van der Waals surface area contributed by atoms with E-state index in [1.807, 2.05) is 0 Å². The van der Waals surface area contributed by atoms with Crippen LogP contribution in [0.25, 0.3) is 0 Å². The molecule has 0 bridgehead atoms. The Balaban J connectivity index is 1.71. The molecule has 0 aliphatic carbocycles. The average Bonchev–Trinajstić information content (AvgIpc) is 2.60. The predicted molar refractivity (Wildman–Crippen MR) is 87.8 cm³/mol. The molecule has 2 aliphatic rings. The summed E-state index contributed by atoms with van der Waals surface area (Å²) in [6.07, 6.45) is -0.817. The second-order valence-electron chi connectivity index (χ2n) is 5.63. The lowest BCUT2D eigenvalue weighted by molar-refractivity contribution is -0.147. The summed E-state index contributed by atoms with van der Waals surface area (Å²) in [4.78, 5) is 48.8. The molecule has 2 N–H and O–H groups in total. The van der Waals surface area contributed by atoms with Gasteiger partial charge in [0.05, 0.1) is 11.4 Å². The van der Waals surface area contributed by atoms with E-state index in [2.05, 4.69) is 15.8 Å². The maximum absolute atomic E-state index is 12.6. The van der Waals surface area contributed by atoms with Crippen LogP contribution >= 0.6 is 0 Å². The van der Waals surface area contributed by atoms with Crippen molar-refractivity contribution in [3.05, 3.63) is 24.3 Å². The molecule has 0 saturated carbocycles. The van der Waals surface area contributed by atoms with E-state index in [0.717, 1.165) is 0 Å². The van der Waals surface area contributed by atoms with Gasteiger partial charge in [-0.05, 0) is 19.1 Å². The SMILES string of the molecule is C[C@@H](OC(=O)C1=NNC(=O)CC1)C(=O)N1CC(=O)Nc2ccccc21. The van der Waals surface area contributed by atoms with Gasteiger partial charge in [-0.3, -0.25) is 19.3 Å². The maximum atomic E-state index is 12.6. The van der Waals surface area contributed by atoms with Crippen molar-refractivity contribution >= 4 is 40.8 Å². The smallest absolute Gasteiger partial charge is 0.355 e.